The number of hydrogen-bond donors (Lipinski definition) is 0. The lowest BCUT2D eigenvalue weighted by Crippen LogP contribution is -2.41. The highest BCUT2D eigenvalue weighted by atomic mass is 16.5. The van der Waals surface area contributed by atoms with Gasteiger partial charge in [-0.3, -0.25) is 0 Å². The number of pyridine rings is 1. The van der Waals surface area contributed by atoms with E-state index in [4.69, 9.17) is 9.72 Å². The van der Waals surface area contributed by atoms with Crippen molar-refractivity contribution in [1.82, 2.24) is 4.98 Å². The Bertz CT molecular complexity index is 850. The number of ether oxygens (including phenoxy) is 1. The number of nitrogens with zero attached hydrogens (tertiary/aromatic N) is 4. The first-order valence-corrected chi connectivity index (χ1v) is 10.4. The van der Waals surface area contributed by atoms with Crippen LogP contribution in [0.25, 0.3) is 0 Å². The van der Waals surface area contributed by atoms with Crippen molar-refractivity contribution in [2.45, 2.75) is 45.8 Å². The zero-order valence-corrected chi connectivity index (χ0v) is 17.8. The largest absolute Gasteiger partial charge is 0.380 e. The van der Waals surface area contributed by atoms with Crippen molar-refractivity contribution in [1.29, 1.82) is 0 Å². The zero-order chi connectivity index (χ0) is 19.9. The summed E-state index contributed by atoms with van der Waals surface area (Å²) in [6.45, 7) is 12.2. The Morgan fingerprint density at radius 2 is 1.93 bits per heavy atom. The van der Waals surface area contributed by atoms with E-state index in [0.29, 0.717) is 0 Å². The van der Waals surface area contributed by atoms with Crippen LogP contribution in [0.1, 0.15) is 45.0 Å². The molecule has 0 N–H and O–H groups in total. The summed E-state index contributed by atoms with van der Waals surface area (Å²) in [6, 6.07) is 11.0. The highest BCUT2D eigenvalue weighted by molar-refractivity contribution is 5.78. The first-order valence-electron chi connectivity index (χ1n) is 10.4. The van der Waals surface area contributed by atoms with Crippen LogP contribution in [0.5, 0.6) is 0 Å². The van der Waals surface area contributed by atoms with Crippen molar-refractivity contribution < 1.29 is 4.74 Å². The molecule has 4 rings (SSSR count). The topological polar surface area (TPSA) is 31.8 Å². The molecule has 1 aromatic heterocycles. The van der Waals surface area contributed by atoms with E-state index in [1.54, 1.807) is 0 Å². The maximum atomic E-state index is 5.68. The summed E-state index contributed by atoms with van der Waals surface area (Å²) in [4.78, 5) is 12.2. The van der Waals surface area contributed by atoms with Crippen LogP contribution in [0, 0.1) is 0 Å². The van der Waals surface area contributed by atoms with Gasteiger partial charge in [-0.2, -0.15) is 0 Å². The number of likely N-dealkylation sites (N-methyl/N-ethyl adjacent to an activating group) is 1. The lowest BCUT2D eigenvalue weighted by atomic mass is 9.98. The number of benzene rings is 1. The van der Waals surface area contributed by atoms with Gasteiger partial charge in [0.2, 0.25) is 0 Å². The maximum Gasteiger partial charge on any atom is 0.132 e. The summed E-state index contributed by atoms with van der Waals surface area (Å²) in [5.41, 5.74) is 5.27. The average molecular weight is 381 g/mol. The lowest BCUT2D eigenvalue weighted by Gasteiger charge is -2.32. The van der Waals surface area contributed by atoms with Crippen molar-refractivity contribution in [3.63, 3.8) is 0 Å². The molecule has 0 bridgehead atoms. The normalized spacial score (nSPS) is 19.9. The predicted molar refractivity (Wildman–Crippen MR) is 116 cm³/mol. The van der Waals surface area contributed by atoms with Gasteiger partial charge in [-0.1, -0.05) is 12.1 Å². The van der Waals surface area contributed by atoms with E-state index < -0.39 is 0 Å². The number of hydrogen-bond acceptors (Lipinski definition) is 5. The number of anilines is 3. The van der Waals surface area contributed by atoms with E-state index in [0.717, 1.165) is 38.5 Å². The van der Waals surface area contributed by atoms with Crippen LogP contribution in [-0.4, -0.2) is 43.9 Å². The van der Waals surface area contributed by atoms with Gasteiger partial charge in [-0.25, -0.2) is 4.98 Å². The molecule has 5 nitrogen and oxygen atoms in total. The van der Waals surface area contributed by atoms with E-state index in [1.807, 2.05) is 6.92 Å². The molecule has 0 fully saturated rings. The van der Waals surface area contributed by atoms with Crippen molar-refractivity contribution in [2.75, 3.05) is 48.1 Å². The molecular weight excluding hydrogens is 348 g/mol. The molecule has 0 saturated carbocycles. The first-order chi connectivity index (χ1) is 13.5. The Morgan fingerprint density at radius 1 is 1.18 bits per heavy atom. The van der Waals surface area contributed by atoms with Crippen molar-refractivity contribution in [3.8, 4) is 0 Å². The molecule has 150 valence electrons. The highest BCUT2D eigenvalue weighted by Gasteiger charge is 2.39. The predicted octanol–water partition coefficient (Wildman–Crippen LogP) is 4.23. The molecule has 0 radical (unpaired) electrons. The molecule has 2 aliphatic rings. The van der Waals surface area contributed by atoms with Gasteiger partial charge >= 0.3 is 0 Å². The molecule has 2 aromatic rings. The van der Waals surface area contributed by atoms with Crippen molar-refractivity contribution in [2.24, 2.45) is 0 Å². The van der Waals surface area contributed by atoms with E-state index in [2.05, 4.69) is 79.0 Å². The Balaban J connectivity index is 1.70. The molecule has 2 aliphatic heterocycles. The molecule has 5 heteroatoms. The second kappa shape index (κ2) is 7.28. The molecule has 1 unspecified atom stereocenters. The average Bonchev–Trinajstić information content (AvgIpc) is 3.11. The van der Waals surface area contributed by atoms with Gasteiger partial charge in [0, 0.05) is 44.0 Å². The Hall–Kier alpha value is -2.27. The monoisotopic (exact) mass is 380 g/mol. The van der Waals surface area contributed by atoms with Crippen LogP contribution in [0.2, 0.25) is 0 Å². The molecule has 0 amide bonds. The molecule has 1 atom stereocenters. The number of rotatable bonds is 6. The molecule has 1 aromatic carbocycles. The van der Waals surface area contributed by atoms with E-state index >= 15 is 0 Å². The summed E-state index contributed by atoms with van der Waals surface area (Å²) in [7, 11) is 2.18. The summed E-state index contributed by atoms with van der Waals surface area (Å²) < 4.78 is 5.68. The first kappa shape index (κ1) is 19.1. The third-order valence-electron chi connectivity index (χ3n) is 6.10. The van der Waals surface area contributed by atoms with Crippen LogP contribution < -0.4 is 14.7 Å². The number of para-hydroxylation sites is 2. The fourth-order valence-corrected chi connectivity index (χ4v) is 4.89. The van der Waals surface area contributed by atoms with Gasteiger partial charge in [-0.15, -0.1) is 0 Å². The van der Waals surface area contributed by atoms with Crippen LogP contribution in [0.4, 0.5) is 17.2 Å². The minimum absolute atomic E-state index is 0.127. The maximum absolute atomic E-state index is 5.68. The van der Waals surface area contributed by atoms with Gasteiger partial charge in [0.15, 0.2) is 0 Å². The molecule has 3 heterocycles. The second-order valence-electron chi connectivity index (χ2n) is 8.35. The van der Waals surface area contributed by atoms with Gasteiger partial charge in [-0.05, 0) is 57.9 Å². The fraction of sp³-hybridized carbons (Fsp3) is 0.522. The van der Waals surface area contributed by atoms with Gasteiger partial charge in [0.25, 0.3) is 0 Å². The Kier molecular flexibility index (Phi) is 4.96. The zero-order valence-electron chi connectivity index (χ0n) is 17.8. The van der Waals surface area contributed by atoms with Crippen LogP contribution in [0.15, 0.2) is 36.5 Å². The summed E-state index contributed by atoms with van der Waals surface area (Å²) in [6.07, 6.45) is 3.26. The van der Waals surface area contributed by atoms with Gasteiger partial charge in [0.05, 0.1) is 18.0 Å². The molecule has 28 heavy (non-hydrogen) atoms. The summed E-state index contributed by atoms with van der Waals surface area (Å²) in [5.74, 6) is 1.15. The molecule has 0 spiro atoms. The summed E-state index contributed by atoms with van der Waals surface area (Å²) in [5, 5.41) is 0. The SMILES string of the molecule is CCOCCN1c2ccccc2N(C)C1c1cnc2c(c1)CC(C)(C)N2CC. The Morgan fingerprint density at radius 3 is 2.64 bits per heavy atom. The second-order valence-corrected chi connectivity index (χ2v) is 8.35. The number of aromatic nitrogens is 1. The minimum Gasteiger partial charge on any atom is -0.380 e. The summed E-state index contributed by atoms with van der Waals surface area (Å²) >= 11 is 0. The lowest BCUT2D eigenvalue weighted by molar-refractivity contribution is 0.152. The van der Waals surface area contributed by atoms with E-state index in [1.165, 1.54) is 22.5 Å². The van der Waals surface area contributed by atoms with Gasteiger partial charge < -0.3 is 19.4 Å². The minimum atomic E-state index is 0.127. The van der Waals surface area contributed by atoms with Crippen LogP contribution >= 0.6 is 0 Å². The third-order valence-corrected chi connectivity index (χ3v) is 6.10. The van der Waals surface area contributed by atoms with Crippen molar-refractivity contribution >= 4 is 17.2 Å². The van der Waals surface area contributed by atoms with E-state index in [9.17, 15) is 0 Å². The fourth-order valence-electron chi connectivity index (χ4n) is 4.89. The van der Waals surface area contributed by atoms with E-state index in [-0.39, 0.29) is 11.7 Å². The molecule has 0 aliphatic carbocycles. The highest BCUT2D eigenvalue weighted by Crippen LogP contribution is 2.46. The van der Waals surface area contributed by atoms with Crippen molar-refractivity contribution in [3.05, 3.63) is 47.7 Å². The Labute approximate surface area is 168 Å². The molecular formula is C23H32N4O. The standard InChI is InChI=1S/C23H32N4O/c1-6-27-21-17(15-23(27,3)4)14-18(16-24-21)22-25(5)19-10-8-9-11-20(19)26(22)12-13-28-7-2/h8-11,14,16,22H,6-7,12-13,15H2,1-5H3. The smallest absolute Gasteiger partial charge is 0.132 e. The van der Waals surface area contributed by atoms with Gasteiger partial charge in [0.1, 0.15) is 12.0 Å². The third kappa shape index (κ3) is 3.02. The molecule has 0 saturated heterocycles. The van der Waals surface area contributed by atoms with Crippen LogP contribution in [0.3, 0.4) is 0 Å². The van der Waals surface area contributed by atoms with Crippen LogP contribution in [-0.2, 0) is 11.2 Å². The number of fused-ring (bicyclic) bond motifs is 2. The quantitative estimate of drug-likeness (QED) is 0.700.